The van der Waals surface area contributed by atoms with E-state index in [0.717, 1.165) is 25.7 Å². The van der Waals surface area contributed by atoms with Gasteiger partial charge in [-0.15, -0.1) is 0 Å². The Morgan fingerprint density at radius 2 is 1.53 bits per heavy atom. The molecule has 0 amide bonds. The molecule has 6 nitrogen and oxygen atoms in total. The normalized spacial score (nSPS) is 52.6. The van der Waals surface area contributed by atoms with E-state index in [1.54, 1.807) is 7.11 Å². The highest BCUT2D eigenvalue weighted by atomic mass is 16.5. The first kappa shape index (κ1) is 26.8. The Morgan fingerprint density at radius 1 is 0.882 bits per heavy atom. The molecule has 4 saturated carbocycles. The molecule has 0 aromatic rings. The molecule has 0 heterocycles. The SMILES string of the molecule is CO[C@@H](CC[C@@H](C)[C@H]1CC(O)C2[C@]1(C)CC[C@@H]1[C@@]3(C)CC[C@H](O)[C@H](O)C3C(O)C[C@@]21O)C(C)C. The molecule has 4 fully saturated rings. The number of hydrogen-bond donors (Lipinski definition) is 5. The lowest BCUT2D eigenvalue weighted by molar-refractivity contribution is -0.280. The van der Waals surface area contributed by atoms with Crippen molar-refractivity contribution in [3.8, 4) is 0 Å². The first-order chi connectivity index (χ1) is 15.8. The van der Waals surface area contributed by atoms with E-state index < -0.39 is 41.3 Å². The molecule has 0 radical (unpaired) electrons. The van der Waals surface area contributed by atoms with Crippen LogP contribution in [0.3, 0.4) is 0 Å². The summed E-state index contributed by atoms with van der Waals surface area (Å²) in [6.45, 7) is 11.0. The zero-order valence-corrected chi connectivity index (χ0v) is 22.2. The van der Waals surface area contributed by atoms with Crippen molar-refractivity contribution in [1.29, 1.82) is 0 Å². The third kappa shape index (κ3) is 3.90. The van der Waals surface area contributed by atoms with E-state index in [2.05, 4.69) is 34.6 Å². The maximum absolute atomic E-state index is 12.4. The van der Waals surface area contributed by atoms with Crippen molar-refractivity contribution in [2.75, 3.05) is 7.11 Å². The summed E-state index contributed by atoms with van der Waals surface area (Å²) in [5, 5.41) is 56.1. The van der Waals surface area contributed by atoms with Crippen molar-refractivity contribution in [1.82, 2.24) is 0 Å². The number of rotatable bonds is 6. The summed E-state index contributed by atoms with van der Waals surface area (Å²) in [4.78, 5) is 0. The fraction of sp³-hybridized carbons (Fsp3) is 1.00. The summed E-state index contributed by atoms with van der Waals surface area (Å²) in [5.41, 5.74) is -1.82. The van der Waals surface area contributed by atoms with Gasteiger partial charge in [0.1, 0.15) is 0 Å². The standard InChI is InChI=1S/C28H50O6/c1-15(2)21(34-6)8-7-16(3)17-13-19(30)25-26(17,4)12-10-22-27(5)11-9-18(29)24(32)23(27)20(31)14-28(22,25)33/h15-25,29-33H,7-14H2,1-6H3/t16-,17-,18+,19?,20?,21+,22-,23?,24+,25?,26-,27-,28+/m1/s1. The highest BCUT2D eigenvalue weighted by Gasteiger charge is 2.71. The second-order valence-corrected chi connectivity index (χ2v) is 13.4. The number of ether oxygens (including phenoxy) is 1. The van der Waals surface area contributed by atoms with E-state index >= 15 is 0 Å². The van der Waals surface area contributed by atoms with Crippen LogP contribution >= 0.6 is 0 Å². The minimum Gasteiger partial charge on any atom is -0.393 e. The zero-order chi connectivity index (χ0) is 25.2. The van der Waals surface area contributed by atoms with Crippen LogP contribution in [0, 0.1) is 46.3 Å². The second-order valence-electron chi connectivity index (χ2n) is 13.4. The van der Waals surface area contributed by atoms with E-state index in [0.29, 0.717) is 37.0 Å². The molecule has 4 rings (SSSR count). The summed E-state index contributed by atoms with van der Waals surface area (Å²) in [6.07, 6.45) is 2.75. The van der Waals surface area contributed by atoms with Gasteiger partial charge in [-0.25, -0.2) is 0 Å². The highest BCUT2D eigenvalue weighted by molar-refractivity contribution is 5.20. The van der Waals surface area contributed by atoms with Gasteiger partial charge in [-0.3, -0.25) is 0 Å². The monoisotopic (exact) mass is 482 g/mol. The van der Waals surface area contributed by atoms with Crippen LogP contribution in [0.25, 0.3) is 0 Å². The van der Waals surface area contributed by atoms with Crippen molar-refractivity contribution < 1.29 is 30.3 Å². The predicted octanol–water partition coefficient (Wildman–Crippen LogP) is 3.12. The molecule has 0 bridgehead atoms. The molecule has 4 aliphatic rings. The van der Waals surface area contributed by atoms with Gasteiger partial charge in [0.15, 0.2) is 0 Å². The van der Waals surface area contributed by atoms with Gasteiger partial charge >= 0.3 is 0 Å². The van der Waals surface area contributed by atoms with Gasteiger partial charge in [0, 0.05) is 25.4 Å². The first-order valence-corrected chi connectivity index (χ1v) is 13.8. The molecular weight excluding hydrogens is 432 g/mol. The zero-order valence-electron chi connectivity index (χ0n) is 22.2. The van der Waals surface area contributed by atoms with Crippen molar-refractivity contribution in [3.63, 3.8) is 0 Å². The van der Waals surface area contributed by atoms with Crippen molar-refractivity contribution >= 4 is 0 Å². The van der Waals surface area contributed by atoms with E-state index in [1.165, 1.54) is 0 Å². The lowest BCUT2D eigenvalue weighted by Gasteiger charge is -2.66. The maximum Gasteiger partial charge on any atom is 0.0857 e. The van der Waals surface area contributed by atoms with Gasteiger partial charge in [-0.2, -0.15) is 0 Å². The third-order valence-corrected chi connectivity index (χ3v) is 11.4. The summed E-state index contributed by atoms with van der Waals surface area (Å²) >= 11 is 0. The topological polar surface area (TPSA) is 110 Å². The van der Waals surface area contributed by atoms with E-state index in [9.17, 15) is 25.5 Å². The van der Waals surface area contributed by atoms with Crippen LogP contribution < -0.4 is 0 Å². The van der Waals surface area contributed by atoms with Crippen LogP contribution in [0.5, 0.6) is 0 Å². The minimum absolute atomic E-state index is 0.101. The van der Waals surface area contributed by atoms with Gasteiger partial charge in [0.05, 0.1) is 36.1 Å². The predicted molar refractivity (Wildman–Crippen MR) is 131 cm³/mol. The minimum atomic E-state index is -1.17. The number of methoxy groups -OCH3 is 1. The number of aliphatic hydroxyl groups excluding tert-OH is 4. The molecular formula is C28H50O6. The lowest BCUT2D eigenvalue weighted by atomic mass is 9.41. The Labute approximate surface area is 206 Å². The Kier molecular flexibility index (Phi) is 7.30. The molecule has 4 unspecified atom stereocenters. The Hall–Kier alpha value is -0.240. The number of fused-ring (bicyclic) bond motifs is 5. The Balaban J connectivity index is 1.60. The van der Waals surface area contributed by atoms with Crippen LogP contribution in [0.15, 0.2) is 0 Å². The fourth-order valence-corrected chi connectivity index (χ4v) is 9.87. The Morgan fingerprint density at radius 3 is 2.15 bits per heavy atom. The summed E-state index contributed by atoms with van der Waals surface area (Å²) in [7, 11) is 1.78. The fourth-order valence-electron chi connectivity index (χ4n) is 9.87. The van der Waals surface area contributed by atoms with Crippen LogP contribution in [-0.2, 0) is 4.74 Å². The van der Waals surface area contributed by atoms with Crippen LogP contribution in [0.4, 0.5) is 0 Å². The van der Waals surface area contributed by atoms with Gasteiger partial charge < -0.3 is 30.3 Å². The summed E-state index contributed by atoms with van der Waals surface area (Å²) < 4.78 is 5.70. The number of aliphatic hydroxyl groups is 5. The molecule has 0 saturated heterocycles. The summed E-state index contributed by atoms with van der Waals surface area (Å²) in [5.74, 6) is 0.351. The van der Waals surface area contributed by atoms with Gasteiger partial charge in [0.25, 0.3) is 0 Å². The maximum atomic E-state index is 12.4. The molecule has 0 aliphatic heterocycles. The second kappa shape index (κ2) is 9.25. The Bertz CT molecular complexity index is 730. The molecule has 0 aromatic carbocycles. The van der Waals surface area contributed by atoms with Crippen LogP contribution in [-0.4, -0.2) is 68.8 Å². The van der Waals surface area contributed by atoms with E-state index in [1.807, 2.05) is 0 Å². The average Bonchev–Trinajstić information content (AvgIpc) is 3.02. The molecule has 198 valence electrons. The van der Waals surface area contributed by atoms with Crippen molar-refractivity contribution in [3.05, 3.63) is 0 Å². The smallest absolute Gasteiger partial charge is 0.0857 e. The summed E-state index contributed by atoms with van der Waals surface area (Å²) in [6, 6.07) is 0. The van der Waals surface area contributed by atoms with Gasteiger partial charge in [0.2, 0.25) is 0 Å². The average molecular weight is 483 g/mol. The largest absolute Gasteiger partial charge is 0.393 e. The van der Waals surface area contributed by atoms with E-state index in [4.69, 9.17) is 4.74 Å². The molecule has 34 heavy (non-hydrogen) atoms. The van der Waals surface area contributed by atoms with Crippen molar-refractivity contribution in [2.24, 2.45) is 46.3 Å². The highest BCUT2D eigenvalue weighted by Crippen LogP contribution is 2.69. The molecule has 13 atom stereocenters. The molecule has 4 aliphatic carbocycles. The molecule has 0 spiro atoms. The lowest BCUT2D eigenvalue weighted by Crippen LogP contribution is -2.70. The number of hydrogen-bond acceptors (Lipinski definition) is 6. The quantitative estimate of drug-likeness (QED) is 0.398. The van der Waals surface area contributed by atoms with Crippen LogP contribution in [0.2, 0.25) is 0 Å². The van der Waals surface area contributed by atoms with Gasteiger partial charge in [-0.1, -0.05) is 34.6 Å². The van der Waals surface area contributed by atoms with E-state index in [-0.39, 0.29) is 29.8 Å². The van der Waals surface area contributed by atoms with Crippen molar-refractivity contribution in [2.45, 2.75) is 122 Å². The third-order valence-electron chi connectivity index (χ3n) is 11.4. The molecule has 6 heteroatoms. The van der Waals surface area contributed by atoms with Gasteiger partial charge in [-0.05, 0) is 79.4 Å². The molecule has 0 aromatic heterocycles. The van der Waals surface area contributed by atoms with Crippen LogP contribution in [0.1, 0.15) is 86.0 Å². The molecule has 5 N–H and O–H groups in total. The first-order valence-electron chi connectivity index (χ1n) is 13.8.